The average Bonchev–Trinajstić information content (AvgIpc) is 3.13. The van der Waals surface area contributed by atoms with Crippen LogP contribution in [0.2, 0.25) is 0 Å². The van der Waals surface area contributed by atoms with E-state index >= 15 is 0 Å². The maximum Gasteiger partial charge on any atom is 0.224 e. The van der Waals surface area contributed by atoms with Crippen LogP contribution in [0.1, 0.15) is 42.9 Å². The molecule has 0 radical (unpaired) electrons. The number of hydrogen-bond donors (Lipinski definition) is 0. The SMILES string of the molecule is CN(C)Cc1ccc([C@H]2CCCCN2C(=O)CCn2cccn2)cc1. The molecule has 2 aromatic rings. The second-order valence-corrected chi connectivity index (χ2v) is 7.10. The fourth-order valence-electron chi connectivity index (χ4n) is 3.57. The lowest BCUT2D eigenvalue weighted by atomic mass is 9.94. The zero-order valence-corrected chi connectivity index (χ0v) is 15.3. The Bertz CT molecular complexity index is 664. The smallest absolute Gasteiger partial charge is 0.224 e. The van der Waals surface area contributed by atoms with E-state index in [0.29, 0.717) is 13.0 Å². The van der Waals surface area contributed by atoms with Crippen molar-refractivity contribution in [1.29, 1.82) is 0 Å². The van der Waals surface area contributed by atoms with Crippen LogP contribution < -0.4 is 0 Å². The lowest BCUT2D eigenvalue weighted by Crippen LogP contribution is -2.38. The molecule has 1 aromatic carbocycles. The molecule has 1 amide bonds. The largest absolute Gasteiger partial charge is 0.336 e. The molecule has 134 valence electrons. The van der Waals surface area contributed by atoms with Crippen molar-refractivity contribution >= 4 is 5.91 Å². The summed E-state index contributed by atoms with van der Waals surface area (Å²) >= 11 is 0. The molecule has 5 nitrogen and oxygen atoms in total. The van der Waals surface area contributed by atoms with Crippen LogP contribution >= 0.6 is 0 Å². The highest BCUT2D eigenvalue weighted by molar-refractivity contribution is 5.76. The third-order valence-electron chi connectivity index (χ3n) is 4.80. The first kappa shape index (κ1) is 17.7. The van der Waals surface area contributed by atoms with Crippen LogP contribution in [0.3, 0.4) is 0 Å². The Balaban J connectivity index is 1.66. The summed E-state index contributed by atoms with van der Waals surface area (Å²) in [4.78, 5) is 17.0. The van der Waals surface area contributed by atoms with Gasteiger partial charge >= 0.3 is 0 Å². The quantitative estimate of drug-likeness (QED) is 0.811. The molecule has 0 spiro atoms. The Morgan fingerprint density at radius 3 is 2.72 bits per heavy atom. The predicted octanol–water partition coefficient (Wildman–Crippen LogP) is 3.09. The molecule has 0 saturated carbocycles. The van der Waals surface area contributed by atoms with Gasteiger partial charge in [0.1, 0.15) is 0 Å². The number of hydrogen-bond acceptors (Lipinski definition) is 3. The molecule has 0 bridgehead atoms. The third kappa shape index (κ3) is 4.69. The zero-order chi connectivity index (χ0) is 17.6. The van der Waals surface area contributed by atoms with Gasteiger partial charge in [0.2, 0.25) is 5.91 Å². The highest BCUT2D eigenvalue weighted by Gasteiger charge is 2.27. The van der Waals surface area contributed by atoms with Crippen LogP contribution in [-0.2, 0) is 17.9 Å². The first-order chi connectivity index (χ1) is 12.1. The number of benzene rings is 1. The van der Waals surface area contributed by atoms with Gasteiger partial charge in [0.25, 0.3) is 0 Å². The molecule has 1 aromatic heterocycles. The normalized spacial score (nSPS) is 17.9. The maximum absolute atomic E-state index is 12.8. The maximum atomic E-state index is 12.8. The van der Waals surface area contributed by atoms with Gasteiger partial charge in [-0.3, -0.25) is 9.48 Å². The lowest BCUT2D eigenvalue weighted by molar-refractivity contribution is -0.135. The van der Waals surface area contributed by atoms with Gasteiger partial charge < -0.3 is 9.80 Å². The highest BCUT2D eigenvalue weighted by atomic mass is 16.2. The standard InChI is InChI=1S/C20H28N4O/c1-22(2)16-17-7-9-18(10-8-17)19-6-3-4-14-24(19)20(25)11-15-23-13-5-12-21-23/h5,7-10,12-13,19H,3-4,6,11,14-16H2,1-2H3/t19-/m1/s1. The minimum absolute atomic E-state index is 0.215. The summed E-state index contributed by atoms with van der Waals surface area (Å²) in [5, 5.41) is 4.19. The van der Waals surface area contributed by atoms with Crippen LogP contribution in [0.25, 0.3) is 0 Å². The predicted molar refractivity (Wildman–Crippen MR) is 99.0 cm³/mol. The van der Waals surface area contributed by atoms with E-state index in [1.54, 1.807) is 6.20 Å². The number of aryl methyl sites for hydroxylation is 1. The van der Waals surface area contributed by atoms with E-state index in [4.69, 9.17) is 0 Å². The van der Waals surface area contributed by atoms with Crippen molar-refractivity contribution in [3.05, 3.63) is 53.9 Å². The number of carbonyl (C=O) groups is 1. The van der Waals surface area contributed by atoms with Gasteiger partial charge in [-0.2, -0.15) is 5.10 Å². The van der Waals surface area contributed by atoms with Crippen molar-refractivity contribution < 1.29 is 4.79 Å². The third-order valence-corrected chi connectivity index (χ3v) is 4.80. The molecule has 1 aliphatic heterocycles. The second-order valence-electron chi connectivity index (χ2n) is 7.10. The average molecular weight is 340 g/mol. The molecule has 2 heterocycles. The molecule has 0 unspecified atom stereocenters. The Hall–Kier alpha value is -2.14. The number of nitrogens with zero attached hydrogens (tertiary/aromatic N) is 4. The molecular formula is C20H28N4O. The molecule has 0 N–H and O–H groups in total. The minimum Gasteiger partial charge on any atom is -0.336 e. The first-order valence-electron chi connectivity index (χ1n) is 9.14. The molecular weight excluding hydrogens is 312 g/mol. The van der Waals surface area contributed by atoms with Crippen molar-refractivity contribution in [2.45, 2.75) is 44.8 Å². The summed E-state index contributed by atoms with van der Waals surface area (Å²) in [5.74, 6) is 0.234. The van der Waals surface area contributed by atoms with Crippen LogP contribution in [-0.4, -0.2) is 46.1 Å². The van der Waals surface area contributed by atoms with Crippen LogP contribution in [0.15, 0.2) is 42.7 Å². The second kappa shape index (κ2) is 8.30. The highest BCUT2D eigenvalue weighted by Crippen LogP contribution is 2.31. The van der Waals surface area contributed by atoms with Crippen LogP contribution in [0.4, 0.5) is 0 Å². The van der Waals surface area contributed by atoms with E-state index in [-0.39, 0.29) is 11.9 Å². The van der Waals surface area contributed by atoms with Gasteiger partial charge in [-0.05, 0) is 50.6 Å². The molecule has 3 rings (SSSR count). The summed E-state index contributed by atoms with van der Waals surface area (Å²) < 4.78 is 1.83. The lowest BCUT2D eigenvalue weighted by Gasteiger charge is -2.36. The van der Waals surface area contributed by atoms with Crippen LogP contribution in [0, 0.1) is 0 Å². The van der Waals surface area contributed by atoms with Crippen molar-refractivity contribution in [2.24, 2.45) is 0 Å². The Kier molecular flexibility index (Phi) is 5.87. The summed E-state index contributed by atoms with van der Waals surface area (Å²) in [6.07, 6.45) is 7.51. The fraction of sp³-hybridized carbons (Fsp3) is 0.500. The number of amides is 1. The van der Waals surface area contributed by atoms with Gasteiger partial charge in [-0.1, -0.05) is 24.3 Å². The molecule has 25 heavy (non-hydrogen) atoms. The Labute approximate surface area is 150 Å². The van der Waals surface area contributed by atoms with Crippen molar-refractivity contribution in [2.75, 3.05) is 20.6 Å². The number of carbonyl (C=O) groups excluding carboxylic acids is 1. The summed E-state index contributed by atoms with van der Waals surface area (Å²) in [6.45, 7) is 2.45. The van der Waals surface area contributed by atoms with Crippen molar-refractivity contribution in [1.82, 2.24) is 19.6 Å². The van der Waals surface area contributed by atoms with E-state index < -0.39 is 0 Å². The summed E-state index contributed by atoms with van der Waals surface area (Å²) in [5.41, 5.74) is 2.57. The monoisotopic (exact) mass is 340 g/mol. The minimum atomic E-state index is 0.215. The van der Waals surface area contributed by atoms with Gasteiger partial charge in [-0.25, -0.2) is 0 Å². The molecule has 1 saturated heterocycles. The Morgan fingerprint density at radius 2 is 2.04 bits per heavy atom. The molecule has 1 aliphatic rings. The van der Waals surface area contributed by atoms with Gasteiger partial charge in [0.15, 0.2) is 0 Å². The zero-order valence-electron chi connectivity index (χ0n) is 15.3. The van der Waals surface area contributed by atoms with E-state index in [2.05, 4.69) is 53.3 Å². The van der Waals surface area contributed by atoms with E-state index in [0.717, 1.165) is 25.9 Å². The Morgan fingerprint density at radius 1 is 1.24 bits per heavy atom. The van der Waals surface area contributed by atoms with Crippen molar-refractivity contribution in [3.63, 3.8) is 0 Å². The van der Waals surface area contributed by atoms with Gasteiger partial charge in [-0.15, -0.1) is 0 Å². The topological polar surface area (TPSA) is 41.4 Å². The van der Waals surface area contributed by atoms with Crippen molar-refractivity contribution in [3.8, 4) is 0 Å². The van der Waals surface area contributed by atoms with Gasteiger partial charge in [0.05, 0.1) is 6.04 Å². The molecule has 0 aliphatic carbocycles. The molecule has 1 atom stereocenters. The van der Waals surface area contributed by atoms with E-state index in [9.17, 15) is 4.79 Å². The molecule has 5 heteroatoms. The summed E-state index contributed by atoms with van der Waals surface area (Å²) in [6, 6.07) is 10.9. The number of aromatic nitrogens is 2. The summed E-state index contributed by atoms with van der Waals surface area (Å²) in [7, 11) is 4.16. The number of likely N-dealkylation sites (tertiary alicyclic amines) is 1. The van der Waals surface area contributed by atoms with E-state index in [1.807, 2.05) is 16.9 Å². The fourth-order valence-corrected chi connectivity index (χ4v) is 3.57. The first-order valence-corrected chi connectivity index (χ1v) is 9.14. The van der Waals surface area contributed by atoms with Crippen LogP contribution in [0.5, 0.6) is 0 Å². The number of rotatable bonds is 6. The van der Waals surface area contributed by atoms with E-state index in [1.165, 1.54) is 17.5 Å². The number of piperidine rings is 1. The molecule has 1 fully saturated rings. The van der Waals surface area contributed by atoms with Gasteiger partial charge in [0, 0.05) is 38.4 Å².